The van der Waals surface area contributed by atoms with E-state index in [9.17, 15) is 0 Å². The topological polar surface area (TPSA) is 46.6 Å². The van der Waals surface area contributed by atoms with Crippen molar-refractivity contribution in [1.82, 2.24) is 10.3 Å². The Hall–Kier alpha value is -0.690. The summed E-state index contributed by atoms with van der Waals surface area (Å²) in [4.78, 5) is 8.22. The minimum Gasteiger partial charge on any atom is -0.383 e. The van der Waals surface area contributed by atoms with E-state index in [0.29, 0.717) is 6.10 Å². The Morgan fingerprint density at radius 2 is 2.33 bits per heavy atom. The lowest BCUT2D eigenvalue weighted by Crippen LogP contribution is -2.33. The van der Waals surface area contributed by atoms with Gasteiger partial charge in [0.05, 0.1) is 18.4 Å². The third-order valence-electron chi connectivity index (χ3n) is 3.73. The number of rotatable bonds is 8. The van der Waals surface area contributed by atoms with E-state index in [2.05, 4.69) is 24.2 Å². The van der Waals surface area contributed by atoms with E-state index >= 15 is 0 Å². The second-order valence-electron chi connectivity index (χ2n) is 5.54. The van der Waals surface area contributed by atoms with Gasteiger partial charge in [-0.3, -0.25) is 0 Å². The first kappa shape index (κ1) is 16.7. The third kappa shape index (κ3) is 5.21. The largest absolute Gasteiger partial charge is 0.383 e. The monoisotopic (exact) mass is 313 g/mol. The molecule has 1 unspecified atom stereocenters. The predicted octanol–water partition coefficient (Wildman–Crippen LogP) is 2.19. The molecule has 0 aromatic carbocycles. The molecule has 1 aliphatic heterocycles. The fourth-order valence-electron chi connectivity index (χ4n) is 2.45. The van der Waals surface area contributed by atoms with Gasteiger partial charge in [-0.1, -0.05) is 0 Å². The van der Waals surface area contributed by atoms with E-state index in [0.717, 1.165) is 43.7 Å². The van der Waals surface area contributed by atoms with Gasteiger partial charge in [0.1, 0.15) is 0 Å². The summed E-state index contributed by atoms with van der Waals surface area (Å²) in [5.41, 5.74) is 1.12. The van der Waals surface area contributed by atoms with Crippen LogP contribution in [0.15, 0.2) is 0 Å². The number of anilines is 1. The number of likely N-dealkylation sites (N-methyl/N-ethyl adjacent to an activating group) is 1. The van der Waals surface area contributed by atoms with E-state index in [1.807, 2.05) is 0 Å². The fourth-order valence-corrected chi connectivity index (χ4v) is 3.45. The normalized spacial score (nSPS) is 18.9. The number of hydrogen-bond acceptors (Lipinski definition) is 6. The molecule has 1 aliphatic rings. The Kier molecular flexibility index (Phi) is 6.89. The Labute approximate surface area is 131 Å². The number of ether oxygens (including phenoxy) is 2. The summed E-state index contributed by atoms with van der Waals surface area (Å²) in [6.45, 7) is 6.39. The molecule has 0 saturated carbocycles. The quantitative estimate of drug-likeness (QED) is 0.746. The van der Waals surface area contributed by atoms with Gasteiger partial charge in [0, 0.05) is 45.3 Å². The lowest BCUT2D eigenvalue weighted by atomic mass is 10.1. The zero-order chi connectivity index (χ0) is 15.1. The molecule has 1 N–H and O–H groups in total. The number of aromatic nitrogens is 1. The van der Waals surface area contributed by atoms with Crippen molar-refractivity contribution in [3.63, 3.8) is 0 Å². The van der Waals surface area contributed by atoms with E-state index in [1.54, 1.807) is 18.4 Å². The Morgan fingerprint density at radius 3 is 3.05 bits per heavy atom. The van der Waals surface area contributed by atoms with Gasteiger partial charge < -0.3 is 19.7 Å². The first-order chi connectivity index (χ1) is 10.2. The van der Waals surface area contributed by atoms with Gasteiger partial charge in [-0.2, -0.15) is 0 Å². The van der Waals surface area contributed by atoms with Gasteiger partial charge in [0.25, 0.3) is 0 Å². The van der Waals surface area contributed by atoms with Crippen LogP contribution in [0.1, 0.15) is 29.8 Å². The molecular formula is C15H27N3O2S. The molecule has 2 rings (SSSR count). The van der Waals surface area contributed by atoms with E-state index in [1.165, 1.54) is 24.1 Å². The highest BCUT2D eigenvalue weighted by molar-refractivity contribution is 7.15. The van der Waals surface area contributed by atoms with Crippen molar-refractivity contribution >= 4 is 16.5 Å². The summed E-state index contributed by atoms with van der Waals surface area (Å²) in [6.07, 6.45) is 4.01. The number of hydrogen-bond donors (Lipinski definition) is 1. The van der Waals surface area contributed by atoms with E-state index in [-0.39, 0.29) is 0 Å². The van der Waals surface area contributed by atoms with Crippen LogP contribution in [0.4, 0.5) is 5.13 Å². The number of aryl methyl sites for hydroxylation is 1. The van der Waals surface area contributed by atoms with Crippen molar-refractivity contribution in [2.75, 3.05) is 45.4 Å². The lowest BCUT2D eigenvalue weighted by Gasteiger charge is -2.27. The summed E-state index contributed by atoms with van der Waals surface area (Å²) in [5.74, 6) is 0. The SMILES string of the molecule is COCCNCc1sc(N(C)CC2CCCCO2)nc1C. The van der Waals surface area contributed by atoms with Crippen molar-refractivity contribution < 1.29 is 9.47 Å². The van der Waals surface area contributed by atoms with Gasteiger partial charge in [-0.05, 0) is 26.2 Å². The first-order valence-corrected chi connectivity index (χ1v) is 8.51. The summed E-state index contributed by atoms with van der Waals surface area (Å²) < 4.78 is 10.8. The van der Waals surface area contributed by atoms with Gasteiger partial charge >= 0.3 is 0 Å². The molecule has 21 heavy (non-hydrogen) atoms. The molecule has 120 valence electrons. The van der Waals surface area contributed by atoms with Crippen LogP contribution in [0, 0.1) is 6.92 Å². The van der Waals surface area contributed by atoms with Gasteiger partial charge in [-0.15, -0.1) is 11.3 Å². The molecule has 0 amide bonds. The summed E-state index contributed by atoms with van der Waals surface area (Å²) >= 11 is 1.77. The molecule has 5 nitrogen and oxygen atoms in total. The highest BCUT2D eigenvalue weighted by Crippen LogP contribution is 2.26. The van der Waals surface area contributed by atoms with Crippen molar-refractivity contribution in [3.8, 4) is 0 Å². The fraction of sp³-hybridized carbons (Fsp3) is 0.800. The van der Waals surface area contributed by atoms with Crippen molar-refractivity contribution in [3.05, 3.63) is 10.6 Å². The average Bonchev–Trinajstić information content (AvgIpc) is 2.86. The standard InChI is InChI=1S/C15H27N3O2S/c1-12-14(10-16-7-9-19-3)21-15(17-12)18(2)11-13-6-4-5-8-20-13/h13,16H,4-11H2,1-3H3. The summed E-state index contributed by atoms with van der Waals surface area (Å²) in [5, 5.41) is 4.47. The molecule has 1 atom stereocenters. The maximum absolute atomic E-state index is 5.81. The molecule has 0 aliphatic carbocycles. The van der Waals surface area contributed by atoms with Crippen molar-refractivity contribution in [1.29, 1.82) is 0 Å². The molecule has 2 heterocycles. The molecule has 1 aromatic heterocycles. The molecule has 0 spiro atoms. The van der Waals surface area contributed by atoms with Crippen LogP contribution in [-0.4, -0.2) is 51.5 Å². The number of nitrogens with zero attached hydrogens (tertiary/aromatic N) is 2. The molecule has 6 heteroatoms. The maximum atomic E-state index is 5.81. The third-order valence-corrected chi connectivity index (χ3v) is 5.00. The van der Waals surface area contributed by atoms with Crippen LogP contribution >= 0.6 is 11.3 Å². The molecule has 0 radical (unpaired) electrons. The van der Waals surface area contributed by atoms with E-state index in [4.69, 9.17) is 14.5 Å². The van der Waals surface area contributed by atoms with Crippen LogP contribution in [0.25, 0.3) is 0 Å². The number of thiazole rings is 1. The number of nitrogens with one attached hydrogen (secondary N) is 1. The zero-order valence-corrected chi connectivity index (χ0v) is 14.2. The smallest absolute Gasteiger partial charge is 0.185 e. The van der Waals surface area contributed by atoms with Crippen LogP contribution < -0.4 is 10.2 Å². The second-order valence-corrected chi connectivity index (χ2v) is 6.61. The number of methoxy groups -OCH3 is 1. The average molecular weight is 313 g/mol. The minimum atomic E-state index is 0.358. The van der Waals surface area contributed by atoms with Gasteiger partial charge in [0.2, 0.25) is 0 Å². The Bertz CT molecular complexity index is 419. The van der Waals surface area contributed by atoms with Crippen LogP contribution in [-0.2, 0) is 16.0 Å². The summed E-state index contributed by atoms with van der Waals surface area (Å²) in [7, 11) is 3.83. The Balaban J connectivity index is 1.84. The highest BCUT2D eigenvalue weighted by Gasteiger charge is 2.18. The maximum Gasteiger partial charge on any atom is 0.185 e. The van der Waals surface area contributed by atoms with Crippen molar-refractivity contribution in [2.24, 2.45) is 0 Å². The van der Waals surface area contributed by atoms with Gasteiger partial charge in [0.15, 0.2) is 5.13 Å². The lowest BCUT2D eigenvalue weighted by molar-refractivity contribution is 0.0216. The van der Waals surface area contributed by atoms with Crippen molar-refractivity contribution in [2.45, 2.75) is 38.8 Å². The van der Waals surface area contributed by atoms with Crippen LogP contribution in [0.3, 0.4) is 0 Å². The molecule has 1 aromatic rings. The molecule has 1 saturated heterocycles. The molecule has 1 fully saturated rings. The first-order valence-electron chi connectivity index (χ1n) is 7.69. The highest BCUT2D eigenvalue weighted by atomic mass is 32.1. The zero-order valence-electron chi connectivity index (χ0n) is 13.4. The Morgan fingerprint density at radius 1 is 1.48 bits per heavy atom. The van der Waals surface area contributed by atoms with Crippen LogP contribution in [0.2, 0.25) is 0 Å². The summed E-state index contributed by atoms with van der Waals surface area (Å²) in [6, 6.07) is 0. The minimum absolute atomic E-state index is 0.358. The second kappa shape index (κ2) is 8.68. The predicted molar refractivity (Wildman–Crippen MR) is 87.3 cm³/mol. The van der Waals surface area contributed by atoms with Crippen LogP contribution in [0.5, 0.6) is 0 Å². The van der Waals surface area contributed by atoms with Gasteiger partial charge in [-0.25, -0.2) is 4.98 Å². The molecule has 0 bridgehead atoms. The molecular weight excluding hydrogens is 286 g/mol. The van der Waals surface area contributed by atoms with E-state index < -0.39 is 0 Å².